The van der Waals surface area contributed by atoms with Crippen molar-refractivity contribution in [3.8, 4) is 17.0 Å². The van der Waals surface area contributed by atoms with Crippen LogP contribution in [0.1, 0.15) is 32.5 Å². The Bertz CT molecular complexity index is 552. The first-order valence-electron chi connectivity index (χ1n) is 7.09. The molecule has 1 heterocycles. The summed E-state index contributed by atoms with van der Waals surface area (Å²) in [5, 5.41) is 0. The topological polar surface area (TPSA) is 61.0 Å². The van der Waals surface area contributed by atoms with Crippen molar-refractivity contribution >= 4 is 5.82 Å². The van der Waals surface area contributed by atoms with Crippen LogP contribution in [0.3, 0.4) is 0 Å². The van der Waals surface area contributed by atoms with Gasteiger partial charge < -0.3 is 10.5 Å². The number of ether oxygens (including phenoxy) is 1. The van der Waals surface area contributed by atoms with E-state index >= 15 is 0 Å². The summed E-state index contributed by atoms with van der Waals surface area (Å²) in [5.41, 5.74) is 7.74. The van der Waals surface area contributed by atoms with Gasteiger partial charge in [-0.15, -0.1) is 0 Å². The van der Waals surface area contributed by atoms with Crippen LogP contribution >= 0.6 is 0 Å². The Hall–Kier alpha value is -2.10. The Labute approximate surface area is 120 Å². The van der Waals surface area contributed by atoms with E-state index in [1.165, 1.54) is 0 Å². The van der Waals surface area contributed by atoms with Gasteiger partial charge in [0.15, 0.2) is 0 Å². The largest absolute Gasteiger partial charge is 0.494 e. The molecule has 2 aromatic rings. The minimum absolute atomic E-state index is 0.518. The number of hydrogen-bond donors (Lipinski definition) is 1. The maximum atomic E-state index is 5.85. The van der Waals surface area contributed by atoms with Crippen LogP contribution in [0, 0.1) is 0 Å². The molecule has 1 aromatic heterocycles. The molecule has 106 valence electrons. The Morgan fingerprint density at radius 1 is 1.05 bits per heavy atom. The smallest absolute Gasteiger partial charge is 0.131 e. The molecule has 0 fully saturated rings. The molecule has 0 spiro atoms. The highest BCUT2D eigenvalue weighted by Gasteiger charge is 2.05. The standard InChI is InChI=1S/C16H21N3O/c1-3-5-16-18-14(11-15(17)19-16)12-6-8-13(9-7-12)20-10-4-2/h6-9,11H,3-5,10H2,1-2H3,(H2,17,18,19). The van der Waals surface area contributed by atoms with Crippen molar-refractivity contribution in [1.82, 2.24) is 9.97 Å². The summed E-state index contributed by atoms with van der Waals surface area (Å²) in [6.45, 7) is 4.93. The van der Waals surface area contributed by atoms with Crippen LogP contribution in [-0.4, -0.2) is 16.6 Å². The first-order chi connectivity index (χ1) is 9.72. The van der Waals surface area contributed by atoms with Gasteiger partial charge in [-0.1, -0.05) is 13.8 Å². The lowest BCUT2D eigenvalue weighted by Gasteiger charge is -2.07. The lowest BCUT2D eigenvalue weighted by Crippen LogP contribution is -2.01. The van der Waals surface area contributed by atoms with Gasteiger partial charge in [-0.25, -0.2) is 9.97 Å². The zero-order valence-electron chi connectivity index (χ0n) is 12.1. The molecule has 0 aliphatic heterocycles. The third-order valence-corrected chi connectivity index (χ3v) is 2.89. The maximum Gasteiger partial charge on any atom is 0.131 e. The summed E-state index contributed by atoms with van der Waals surface area (Å²) in [6.07, 6.45) is 2.85. The van der Waals surface area contributed by atoms with Gasteiger partial charge in [0.25, 0.3) is 0 Å². The summed E-state index contributed by atoms with van der Waals surface area (Å²) >= 11 is 0. The number of hydrogen-bond acceptors (Lipinski definition) is 4. The van der Waals surface area contributed by atoms with Crippen LogP contribution in [0.2, 0.25) is 0 Å². The van der Waals surface area contributed by atoms with Gasteiger partial charge in [-0.05, 0) is 37.1 Å². The van der Waals surface area contributed by atoms with Gasteiger partial charge in [0.1, 0.15) is 17.4 Å². The number of nitrogens with zero attached hydrogens (tertiary/aromatic N) is 2. The molecule has 0 unspecified atom stereocenters. The van der Waals surface area contributed by atoms with Gasteiger partial charge >= 0.3 is 0 Å². The fourth-order valence-electron chi connectivity index (χ4n) is 1.94. The molecule has 0 aliphatic rings. The highest BCUT2D eigenvalue weighted by molar-refractivity contribution is 5.62. The predicted molar refractivity (Wildman–Crippen MR) is 81.7 cm³/mol. The third kappa shape index (κ3) is 3.70. The Morgan fingerprint density at radius 2 is 1.80 bits per heavy atom. The van der Waals surface area contributed by atoms with Crippen molar-refractivity contribution in [3.63, 3.8) is 0 Å². The molecule has 4 nitrogen and oxygen atoms in total. The molecule has 4 heteroatoms. The lowest BCUT2D eigenvalue weighted by atomic mass is 10.1. The number of aromatic nitrogens is 2. The fraction of sp³-hybridized carbons (Fsp3) is 0.375. The highest BCUT2D eigenvalue weighted by Crippen LogP contribution is 2.22. The second kappa shape index (κ2) is 6.89. The van der Waals surface area contributed by atoms with Crippen LogP contribution in [0.15, 0.2) is 30.3 Å². The van der Waals surface area contributed by atoms with Crippen molar-refractivity contribution in [1.29, 1.82) is 0 Å². The van der Waals surface area contributed by atoms with Gasteiger partial charge in [-0.3, -0.25) is 0 Å². The first kappa shape index (κ1) is 14.3. The number of nitrogens with two attached hydrogens (primary N) is 1. The molecular formula is C16H21N3O. The normalized spacial score (nSPS) is 10.5. The number of benzene rings is 1. The molecule has 0 bridgehead atoms. The molecule has 0 radical (unpaired) electrons. The number of rotatable bonds is 6. The zero-order chi connectivity index (χ0) is 14.4. The predicted octanol–water partition coefficient (Wildman–Crippen LogP) is 3.47. The van der Waals surface area contributed by atoms with Crippen LogP contribution in [-0.2, 0) is 6.42 Å². The van der Waals surface area contributed by atoms with Gasteiger partial charge in [0.05, 0.1) is 12.3 Å². The molecule has 0 amide bonds. The molecule has 20 heavy (non-hydrogen) atoms. The van der Waals surface area contributed by atoms with E-state index in [2.05, 4.69) is 23.8 Å². The van der Waals surface area contributed by atoms with Crippen LogP contribution in [0.5, 0.6) is 5.75 Å². The second-order valence-corrected chi connectivity index (χ2v) is 4.72. The monoisotopic (exact) mass is 271 g/mol. The van der Waals surface area contributed by atoms with Gasteiger partial charge in [0, 0.05) is 18.1 Å². The Morgan fingerprint density at radius 3 is 2.45 bits per heavy atom. The van der Waals surface area contributed by atoms with E-state index in [9.17, 15) is 0 Å². The molecule has 2 N–H and O–H groups in total. The molecule has 1 aromatic carbocycles. The molecule has 0 atom stereocenters. The summed E-state index contributed by atoms with van der Waals surface area (Å²) in [4.78, 5) is 8.80. The molecular weight excluding hydrogens is 250 g/mol. The molecule has 0 saturated carbocycles. The van der Waals surface area contributed by atoms with E-state index in [1.807, 2.05) is 24.3 Å². The van der Waals surface area contributed by atoms with E-state index in [0.29, 0.717) is 5.82 Å². The summed E-state index contributed by atoms with van der Waals surface area (Å²) in [5.74, 6) is 2.20. The molecule has 2 rings (SSSR count). The van der Waals surface area contributed by atoms with Crippen LogP contribution in [0.25, 0.3) is 11.3 Å². The van der Waals surface area contributed by atoms with Crippen molar-refractivity contribution < 1.29 is 4.74 Å². The van der Waals surface area contributed by atoms with Gasteiger partial charge in [-0.2, -0.15) is 0 Å². The Kier molecular flexibility index (Phi) is 4.93. The average Bonchev–Trinajstić information content (AvgIpc) is 2.45. The van der Waals surface area contributed by atoms with Crippen LogP contribution < -0.4 is 10.5 Å². The first-order valence-corrected chi connectivity index (χ1v) is 7.09. The van der Waals surface area contributed by atoms with E-state index in [0.717, 1.165) is 48.7 Å². The van der Waals surface area contributed by atoms with Crippen molar-refractivity contribution in [2.45, 2.75) is 33.1 Å². The fourth-order valence-corrected chi connectivity index (χ4v) is 1.94. The van der Waals surface area contributed by atoms with Crippen LogP contribution in [0.4, 0.5) is 5.82 Å². The quantitative estimate of drug-likeness (QED) is 0.874. The summed E-state index contributed by atoms with van der Waals surface area (Å²) in [7, 11) is 0. The number of anilines is 1. The third-order valence-electron chi connectivity index (χ3n) is 2.89. The molecule has 0 saturated heterocycles. The maximum absolute atomic E-state index is 5.85. The number of aryl methyl sites for hydroxylation is 1. The average molecular weight is 271 g/mol. The number of nitrogen functional groups attached to an aromatic ring is 1. The van der Waals surface area contributed by atoms with E-state index in [1.54, 1.807) is 6.07 Å². The second-order valence-electron chi connectivity index (χ2n) is 4.72. The van der Waals surface area contributed by atoms with E-state index in [4.69, 9.17) is 10.5 Å². The Balaban J connectivity index is 2.22. The SMILES string of the molecule is CCCOc1ccc(-c2cc(N)nc(CCC)n2)cc1. The van der Waals surface area contributed by atoms with E-state index in [-0.39, 0.29) is 0 Å². The lowest BCUT2D eigenvalue weighted by molar-refractivity contribution is 0.317. The van der Waals surface area contributed by atoms with Crippen molar-refractivity contribution in [2.24, 2.45) is 0 Å². The van der Waals surface area contributed by atoms with Gasteiger partial charge in [0.2, 0.25) is 0 Å². The highest BCUT2D eigenvalue weighted by atomic mass is 16.5. The zero-order valence-corrected chi connectivity index (χ0v) is 12.1. The van der Waals surface area contributed by atoms with Crippen molar-refractivity contribution in [2.75, 3.05) is 12.3 Å². The summed E-state index contributed by atoms with van der Waals surface area (Å²) < 4.78 is 5.57. The van der Waals surface area contributed by atoms with E-state index < -0.39 is 0 Å². The minimum Gasteiger partial charge on any atom is -0.494 e. The summed E-state index contributed by atoms with van der Waals surface area (Å²) in [6, 6.07) is 9.73. The van der Waals surface area contributed by atoms with Crippen molar-refractivity contribution in [3.05, 3.63) is 36.2 Å². The molecule has 0 aliphatic carbocycles. The minimum atomic E-state index is 0.518.